The molecule has 0 radical (unpaired) electrons. The molecule has 0 aliphatic heterocycles. The fraction of sp³-hybridized carbons (Fsp3) is 0.423. The van der Waals surface area contributed by atoms with Crippen molar-refractivity contribution in [3.8, 4) is 17.1 Å². The first-order valence-corrected chi connectivity index (χ1v) is 10.5. The summed E-state index contributed by atoms with van der Waals surface area (Å²) in [7, 11) is 2.15. The van der Waals surface area contributed by atoms with Crippen molar-refractivity contribution in [1.82, 2.24) is 4.57 Å². The lowest BCUT2D eigenvalue weighted by Crippen LogP contribution is -2.29. The fourth-order valence-electron chi connectivity index (χ4n) is 4.29. The molecule has 2 heteroatoms. The summed E-state index contributed by atoms with van der Waals surface area (Å²) in [6.07, 6.45) is 4.40. The third kappa shape index (κ3) is 3.53. The van der Waals surface area contributed by atoms with Crippen LogP contribution in [0.15, 0.2) is 48.8 Å². The molecule has 2 aromatic carbocycles. The van der Waals surface area contributed by atoms with Gasteiger partial charge < -0.3 is 0 Å². The lowest BCUT2D eigenvalue weighted by atomic mass is 9.91. The van der Waals surface area contributed by atoms with E-state index in [1.54, 1.807) is 0 Å². The molecule has 0 aliphatic rings. The lowest BCUT2D eigenvalue weighted by Gasteiger charge is -2.19. The van der Waals surface area contributed by atoms with E-state index in [-0.39, 0.29) is 0 Å². The SMILES string of the molecule is Cc1c(-c2n(-c3c(C(C)C)cccc3C(C)C)cc[n+]2C)cccc1C(C)C. The van der Waals surface area contributed by atoms with E-state index in [1.807, 2.05) is 0 Å². The van der Waals surface area contributed by atoms with E-state index >= 15 is 0 Å². The van der Waals surface area contributed by atoms with Crippen LogP contribution in [0.3, 0.4) is 0 Å². The van der Waals surface area contributed by atoms with E-state index in [4.69, 9.17) is 0 Å². The van der Waals surface area contributed by atoms with Crippen LogP contribution in [-0.4, -0.2) is 4.57 Å². The zero-order valence-corrected chi connectivity index (χ0v) is 18.7. The second-order valence-electron chi connectivity index (χ2n) is 8.87. The van der Waals surface area contributed by atoms with Crippen molar-refractivity contribution in [3.05, 3.63) is 71.0 Å². The predicted molar refractivity (Wildman–Crippen MR) is 119 cm³/mol. The second-order valence-corrected chi connectivity index (χ2v) is 8.87. The molecule has 0 atom stereocenters. The maximum Gasteiger partial charge on any atom is 0.294 e. The molecule has 0 aliphatic carbocycles. The average molecular weight is 376 g/mol. The molecule has 3 rings (SSSR count). The van der Waals surface area contributed by atoms with Gasteiger partial charge in [0.1, 0.15) is 18.1 Å². The number of aryl methyl sites for hydroxylation is 1. The molecule has 1 heterocycles. The smallest absolute Gasteiger partial charge is 0.232 e. The molecule has 0 N–H and O–H groups in total. The van der Waals surface area contributed by atoms with Gasteiger partial charge in [0.2, 0.25) is 0 Å². The van der Waals surface area contributed by atoms with Crippen molar-refractivity contribution in [2.75, 3.05) is 0 Å². The Balaban J connectivity index is 2.35. The van der Waals surface area contributed by atoms with Gasteiger partial charge in [-0.3, -0.25) is 0 Å². The second kappa shape index (κ2) is 7.95. The van der Waals surface area contributed by atoms with Crippen molar-refractivity contribution in [2.24, 2.45) is 7.05 Å². The van der Waals surface area contributed by atoms with Crippen molar-refractivity contribution >= 4 is 0 Å². The molecule has 0 bridgehead atoms. The molecular weight excluding hydrogens is 340 g/mol. The van der Waals surface area contributed by atoms with Crippen molar-refractivity contribution in [2.45, 2.75) is 66.2 Å². The summed E-state index contributed by atoms with van der Waals surface area (Å²) in [5.41, 5.74) is 8.26. The number of aromatic nitrogens is 2. The molecule has 148 valence electrons. The maximum atomic E-state index is 2.41. The Bertz CT molecular complexity index is 948. The summed E-state index contributed by atoms with van der Waals surface area (Å²) in [5.74, 6) is 2.70. The Morgan fingerprint density at radius 3 is 1.79 bits per heavy atom. The molecule has 2 nitrogen and oxygen atoms in total. The van der Waals surface area contributed by atoms with Gasteiger partial charge in [-0.15, -0.1) is 0 Å². The Morgan fingerprint density at radius 1 is 0.750 bits per heavy atom. The Labute approximate surface area is 170 Å². The van der Waals surface area contributed by atoms with Gasteiger partial charge in [-0.2, -0.15) is 4.57 Å². The van der Waals surface area contributed by atoms with Crippen molar-refractivity contribution in [3.63, 3.8) is 0 Å². The van der Waals surface area contributed by atoms with Crippen LogP contribution in [0.25, 0.3) is 17.1 Å². The molecule has 0 saturated heterocycles. The molecule has 3 aromatic rings. The topological polar surface area (TPSA) is 8.81 Å². The summed E-state index contributed by atoms with van der Waals surface area (Å²) in [5, 5.41) is 0. The summed E-state index contributed by atoms with van der Waals surface area (Å²) in [6, 6.07) is 13.5. The summed E-state index contributed by atoms with van der Waals surface area (Å²) in [6.45, 7) is 16.0. The average Bonchev–Trinajstić information content (AvgIpc) is 3.01. The summed E-state index contributed by atoms with van der Waals surface area (Å²) in [4.78, 5) is 0. The van der Waals surface area contributed by atoms with Gasteiger partial charge in [0, 0.05) is 11.1 Å². The van der Waals surface area contributed by atoms with Gasteiger partial charge >= 0.3 is 0 Å². The third-order valence-corrected chi connectivity index (χ3v) is 5.82. The molecule has 0 amide bonds. The number of hydrogen-bond donors (Lipinski definition) is 0. The zero-order chi connectivity index (χ0) is 20.6. The van der Waals surface area contributed by atoms with E-state index in [0.717, 1.165) is 0 Å². The van der Waals surface area contributed by atoms with Gasteiger partial charge in [0.15, 0.2) is 0 Å². The zero-order valence-electron chi connectivity index (χ0n) is 18.7. The van der Waals surface area contributed by atoms with E-state index < -0.39 is 0 Å². The standard InChI is InChI=1S/C26H35N2/c1-17(2)21-11-9-14-24(20(21)7)26-27(8)15-16-28(26)25-22(18(3)4)12-10-13-23(25)19(5)6/h9-19H,1-8H3/q+1. The molecule has 0 fully saturated rings. The molecule has 0 saturated carbocycles. The first-order chi connectivity index (χ1) is 13.2. The van der Waals surface area contributed by atoms with Crippen LogP contribution in [0.2, 0.25) is 0 Å². The molecule has 0 spiro atoms. The van der Waals surface area contributed by atoms with E-state index in [2.05, 4.69) is 113 Å². The van der Waals surface area contributed by atoms with E-state index in [0.29, 0.717) is 17.8 Å². The highest BCUT2D eigenvalue weighted by atomic mass is 15.1. The van der Waals surface area contributed by atoms with Crippen LogP contribution in [0, 0.1) is 6.92 Å². The van der Waals surface area contributed by atoms with Crippen LogP contribution in [0.5, 0.6) is 0 Å². The fourth-order valence-corrected chi connectivity index (χ4v) is 4.29. The largest absolute Gasteiger partial charge is 0.294 e. The number of para-hydroxylation sites is 1. The molecule has 0 unspecified atom stereocenters. The minimum Gasteiger partial charge on any atom is -0.232 e. The highest BCUT2D eigenvalue weighted by molar-refractivity contribution is 5.65. The molecule has 28 heavy (non-hydrogen) atoms. The van der Waals surface area contributed by atoms with Crippen LogP contribution in [-0.2, 0) is 7.05 Å². The predicted octanol–water partition coefficient (Wildman–Crippen LogP) is 6.65. The van der Waals surface area contributed by atoms with Crippen molar-refractivity contribution < 1.29 is 4.57 Å². The molecular formula is C26H35N2+. The van der Waals surface area contributed by atoms with Gasteiger partial charge in [-0.25, -0.2) is 4.57 Å². The van der Waals surface area contributed by atoms with E-state index in [9.17, 15) is 0 Å². The lowest BCUT2D eigenvalue weighted by molar-refractivity contribution is -0.659. The third-order valence-electron chi connectivity index (χ3n) is 5.82. The Morgan fingerprint density at radius 2 is 1.25 bits per heavy atom. The molecule has 1 aromatic heterocycles. The van der Waals surface area contributed by atoms with Gasteiger partial charge in [-0.05, 0) is 41.9 Å². The van der Waals surface area contributed by atoms with Crippen LogP contribution >= 0.6 is 0 Å². The number of imidazole rings is 1. The number of nitrogens with zero attached hydrogens (tertiary/aromatic N) is 2. The maximum absolute atomic E-state index is 2.41. The summed E-state index contributed by atoms with van der Waals surface area (Å²) >= 11 is 0. The number of benzene rings is 2. The highest BCUT2D eigenvalue weighted by Crippen LogP contribution is 2.35. The number of rotatable bonds is 5. The normalized spacial score (nSPS) is 11.8. The quantitative estimate of drug-likeness (QED) is 0.442. The Kier molecular flexibility index (Phi) is 5.79. The minimum absolute atomic E-state index is 0.470. The van der Waals surface area contributed by atoms with Crippen molar-refractivity contribution in [1.29, 1.82) is 0 Å². The van der Waals surface area contributed by atoms with E-state index in [1.165, 1.54) is 39.3 Å². The minimum atomic E-state index is 0.470. The first-order valence-electron chi connectivity index (χ1n) is 10.5. The monoisotopic (exact) mass is 375 g/mol. The highest BCUT2D eigenvalue weighted by Gasteiger charge is 2.27. The van der Waals surface area contributed by atoms with Gasteiger partial charge in [0.05, 0.1) is 12.6 Å². The Hall–Kier alpha value is -2.35. The first kappa shape index (κ1) is 20.4. The van der Waals surface area contributed by atoms with Crippen LogP contribution < -0.4 is 4.57 Å². The summed E-state index contributed by atoms with van der Waals surface area (Å²) < 4.78 is 4.67. The van der Waals surface area contributed by atoms with Gasteiger partial charge in [0.25, 0.3) is 5.82 Å². The van der Waals surface area contributed by atoms with Gasteiger partial charge in [-0.1, -0.05) is 71.9 Å². The van der Waals surface area contributed by atoms with Crippen LogP contribution in [0.4, 0.5) is 0 Å². The number of hydrogen-bond acceptors (Lipinski definition) is 0. The van der Waals surface area contributed by atoms with Crippen LogP contribution in [0.1, 0.15) is 81.5 Å².